The van der Waals surface area contributed by atoms with Gasteiger partial charge in [0.15, 0.2) is 0 Å². The molecule has 0 spiro atoms. The van der Waals surface area contributed by atoms with E-state index in [4.69, 9.17) is 16.7 Å². The third-order valence-electron chi connectivity index (χ3n) is 3.59. The van der Waals surface area contributed by atoms with Crippen LogP contribution in [0, 0.1) is 6.92 Å². The van der Waals surface area contributed by atoms with Crippen molar-refractivity contribution in [2.75, 3.05) is 11.6 Å². The smallest absolute Gasteiger partial charge is 0.423 e. The molecule has 7 heteroatoms. The average Bonchev–Trinajstić information content (AvgIpc) is 2.50. The summed E-state index contributed by atoms with van der Waals surface area (Å²) in [5.41, 5.74) is 5.10. The van der Waals surface area contributed by atoms with E-state index >= 15 is 0 Å². The van der Waals surface area contributed by atoms with Crippen LogP contribution in [0.25, 0.3) is 0 Å². The van der Waals surface area contributed by atoms with E-state index in [9.17, 15) is 9.59 Å². The molecule has 0 fully saturated rings. The maximum atomic E-state index is 12.4. The molecule has 0 radical (unpaired) electrons. The Hall–Kier alpha value is -2.73. The predicted octanol–water partition coefficient (Wildman–Crippen LogP) is 3.38. The maximum absolute atomic E-state index is 12.4. The lowest BCUT2D eigenvalue weighted by Gasteiger charge is -2.37. The first-order chi connectivity index (χ1) is 11.0. The first-order valence-corrected chi connectivity index (χ1v) is 7.29. The number of benzene rings is 2. The van der Waals surface area contributed by atoms with Gasteiger partial charge in [-0.2, -0.15) is 0 Å². The van der Waals surface area contributed by atoms with Crippen LogP contribution in [-0.4, -0.2) is 28.8 Å². The first-order valence-electron chi connectivity index (χ1n) is 6.91. The normalized spacial score (nSPS) is 13.7. The molecule has 0 unspecified atom stereocenters. The fourth-order valence-corrected chi connectivity index (χ4v) is 2.65. The van der Waals surface area contributed by atoms with Gasteiger partial charge in [0, 0.05) is 10.7 Å². The van der Waals surface area contributed by atoms with Crippen molar-refractivity contribution in [3.63, 3.8) is 0 Å². The van der Waals surface area contributed by atoms with Crippen molar-refractivity contribution in [3.05, 3.63) is 58.6 Å². The summed E-state index contributed by atoms with van der Waals surface area (Å²) in [6.45, 7) is 2.04. The second-order valence-corrected chi connectivity index (χ2v) is 5.65. The Kier molecular flexibility index (Phi) is 3.83. The van der Waals surface area contributed by atoms with Crippen molar-refractivity contribution >= 4 is 35.0 Å². The van der Waals surface area contributed by atoms with E-state index in [0.29, 0.717) is 16.3 Å². The molecule has 0 aromatic heterocycles. The highest BCUT2D eigenvalue weighted by atomic mass is 35.5. The number of carbonyl (C=O) groups excluding carboxylic acids is 1. The van der Waals surface area contributed by atoms with Gasteiger partial charge >= 0.3 is 6.09 Å². The lowest BCUT2D eigenvalue weighted by Crippen LogP contribution is -2.53. The van der Waals surface area contributed by atoms with Crippen LogP contribution in [0.15, 0.2) is 42.5 Å². The van der Waals surface area contributed by atoms with E-state index in [1.807, 2.05) is 36.1 Å². The Labute approximate surface area is 137 Å². The monoisotopic (exact) mass is 331 g/mol. The average molecular weight is 332 g/mol. The molecule has 23 heavy (non-hydrogen) atoms. The number of nitrogens with one attached hydrogen (secondary N) is 1. The molecule has 2 N–H and O–H groups in total. The van der Waals surface area contributed by atoms with Crippen LogP contribution in [0.1, 0.15) is 15.9 Å². The summed E-state index contributed by atoms with van der Waals surface area (Å²) in [5.74, 6) is -0.414. The van der Waals surface area contributed by atoms with E-state index in [1.165, 1.54) is 0 Å². The lowest BCUT2D eigenvalue weighted by atomic mass is 10.1. The molecule has 1 aliphatic rings. The summed E-state index contributed by atoms with van der Waals surface area (Å²) < 4.78 is 0. The second kappa shape index (κ2) is 5.81. The molecule has 0 saturated carbocycles. The summed E-state index contributed by atoms with van der Waals surface area (Å²) in [4.78, 5) is 25.2. The molecule has 0 bridgehead atoms. The van der Waals surface area contributed by atoms with Crippen LogP contribution in [-0.2, 0) is 0 Å². The van der Waals surface area contributed by atoms with Gasteiger partial charge in [-0.25, -0.2) is 15.2 Å². The number of hydrazine groups is 1. The molecule has 6 nitrogen and oxygen atoms in total. The van der Waals surface area contributed by atoms with Crippen molar-refractivity contribution in [2.45, 2.75) is 6.92 Å². The molecule has 2 aromatic rings. The Bertz CT molecular complexity index is 777. The first kappa shape index (κ1) is 15.2. The Morgan fingerprint density at radius 1 is 1.22 bits per heavy atom. The van der Waals surface area contributed by atoms with Gasteiger partial charge in [-0.15, -0.1) is 0 Å². The van der Waals surface area contributed by atoms with Crippen LogP contribution in [0.2, 0.25) is 5.02 Å². The molecule has 118 valence electrons. The number of amides is 2. The maximum Gasteiger partial charge on any atom is 0.423 e. The molecule has 0 atom stereocenters. The van der Waals surface area contributed by atoms with Crippen molar-refractivity contribution < 1.29 is 14.7 Å². The van der Waals surface area contributed by atoms with E-state index in [0.717, 1.165) is 16.3 Å². The predicted molar refractivity (Wildman–Crippen MR) is 87.0 cm³/mol. The number of nitrogens with zero attached hydrogens (tertiary/aromatic N) is 2. The quantitative estimate of drug-likeness (QED) is 0.884. The third kappa shape index (κ3) is 2.93. The number of anilines is 2. The van der Waals surface area contributed by atoms with E-state index in [-0.39, 0.29) is 6.67 Å². The number of halogens is 1. The zero-order valence-corrected chi connectivity index (χ0v) is 13.0. The number of hydrogen-bond donors (Lipinski definition) is 2. The number of aryl methyl sites for hydroxylation is 1. The highest BCUT2D eigenvalue weighted by Crippen LogP contribution is 2.35. The number of hydrogen-bond acceptors (Lipinski definition) is 3. The molecule has 3 rings (SSSR count). The molecular weight excluding hydrogens is 318 g/mol. The highest BCUT2D eigenvalue weighted by Gasteiger charge is 2.31. The lowest BCUT2D eigenvalue weighted by molar-refractivity contribution is 0.0639. The highest BCUT2D eigenvalue weighted by molar-refractivity contribution is 6.31. The van der Waals surface area contributed by atoms with Gasteiger partial charge in [0.05, 0.1) is 11.3 Å². The zero-order valence-electron chi connectivity index (χ0n) is 12.3. The fraction of sp³-hybridized carbons (Fsp3) is 0.125. The van der Waals surface area contributed by atoms with Crippen molar-refractivity contribution in [3.8, 4) is 0 Å². The van der Waals surface area contributed by atoms with Crippen LogP contribution in [0.4, 0.5) is 16.2 Å². The van der Waals surface area contributed by atoms with E-state index < -0.39 is 12.0 Å². The summed E-state index contributed by atoms with van der Waals surface area (Å²) in [5, 5.41) is 10.5. The van der Waals surface area contributed by atoms with Crippen LogP contribution in [0.3, 0.4) is 0 Å². The van der Waals surface area contributed by atoms with Crippen LogP contribution >= 0.6 is 11.6 Å². The van der Waals surface area contributed by atoms with Crippen molar-refractivity contribution in [1.29, 1.82) is 0 Å². The molecule has 1 heterocycles. The number of carbonyl (C=O) groups is 2. The van der Waals surface area contributed by atoms with Crippen molar-refractivity contribution in [1.82, 2.24) is 10.4 Å². The van der Waals surface area contributed by atoms with Crippen molar-refractivity contribution in [2.24, 2.45) is 0 Å². The minimum Gasteiger partial charge on any atom is -0.464 e. The SMILES string of the molecule is Cc1ccc(N2CN(NC(=O)O)C(=O)c3ccc(Cl)cc32)cc1. The standard InChI is InChI=1S/C16H14ClN3O3/c1-10-2-5-12(6-3-10)19-9-20(18-16(22)23)15(21)13-7-4-11(17)8-14(13)19/h2-8,18H,9H2,1H3,(H,22,23). The number of carboxylic acid groups (broad SMARTS) is 1. The molecule has 2 aromatic carbocycles. The van der Waals surface area contributed by atoms with Gasteiger partial charge in [0.1, 0.15) is 6.67 Å². The van der Waals surface area contributed by atoms with Crippen LogP contribution in [0.5, 0.6) is 0 Å². The summed E-state index contributed by atoms with van der Waals surface area (Å²) in [6, 6.07) is 12.6. The zero-order chi connectivity index (χ0) is 16.6. The molecule has 0 saturated heterocycles. The summed E-state index contributed by atoms with van der Waals surface area (Å²) in [7, 11) is 0. The topological polar surface area (TPSA) is 72.9 Å². The van der Waals surface area contributed by atoms with Gasteiger partial charge < -0.3 is 10.0 Å². The van der Waals surface area contributed by atoms with Gasteiger partial charge in [0.2, 0.25) is 0 Å². The van der Waals surface area contributed by atoms with Gasteiger partial charge in [-0.3, -0.25) is 4.79 Å². The minimum atomic E-state index is -1.29. The number of rotatable bonds is 2. The van der Waals surface area contributed by atoms with E-state index in [2.05, 4.69) is 5.43 Å². The molecule has 2 amide bonds. The number of fused-ring (bicyclic) bond motifs is 1. The Balaban J connectivity index is 2.08. The minimum absolute atomic E-state index is 0.0571. The Morgan fingerprint density at radius 3 is 2.57 bits per heavy atom. The molecular formula is C16H14ClN3O3. The Morgan fingerprint density at radius 2 is 1.91 bits per heavy atom. The van der Waals surface area contributed by atoms with Gasteiger partial charge in [-0.05, 0) is 37.3 Å². The second-order valence-electron chi connectivity index (χ2n) is 5.22. The molecule has 1 aliphatic heterocycles. The molecule has 0 aliphatic carbocycles. The largest absolute Gasteiger partial charge is 0.464 e. The summed E-state index contributed by atoms with van der Waals surface area (Å²) >= 11 is 6.06. The van der Waals surface area contributed by atoms with Crippen LogP contribution < -0.4 is 10.3 Å². The summed E-state index contributed by atoms with van der Waals surface area (Å²) in [6.07, 6.45) is -1.29. The van der Waals surface area contributed by atoms with Gasteiger partial charge in [-0.1, -0.05) is 29.3 Å². The fourth-order valence-electron chi connectivity index (χ4n) is 2.48. The van der Waals surface area contributed by atoms with Gasteiger partial charge in [0.25, 0.3) is 5.91 Å². The third-order valence-corrected chi connectivity index (χ3v) is 3.82. The van der Waals surface area contributed by atoms with E-state index in [1.54, 1.807) is 18.2 Å².